The third-order valence-corrected chi connectivity index (χ3v) is 14.0. The van der Waals surface area contributed by atoms with Gasteiger partial charge in [0.1, 0.15) is 0 Å². The van der Waals surface area contributed by atoms with Gasteiger partial charge in [0, 0.05) is 0 Å². The van der Waals surface area contributed by atoms with E-state index in [1.54, 1.807) is 17.8 Å². The normalized spacial score (nSPS) is 11.0. The molecular weight excluding hydrogens is 525 g/mol. The Morgan fingerprint density at radius 1 is 0.630 bits per heavy atom. The van der Waals surface area contributed by atoms with Crippen LogP contribution in [0.3, 0.4) is 0 Å². The standard InChI is InChI=1S/C24H28Se3/c1-3-5-17-25-23-21(19-13-9-7-10-14-19)27-22(20-15-11-8-12-16-20)24(23)26-18-6-4-2/h7-16H,3-6,17-18H2,1-2H3. The molecule has 0 unspecified atom stereocenters. The van der Waals surface area contributed by atoms with Crippen molar-refractivity contribution in [1.29, 1.82) is 0 Å². The van der Waals surface area contributed by atoms with Crippen LogP contribution in [0.25, 0.3) is 20.0 Å². The molecule has 0 aliphatic rings. The van der Waals surface area contributed by atoms with Crippen LogP contribution in [0.4, 0.5) is 0 Å². The summed E-state index contributed by atoms with van der Waals surface area (Å²) in [5.74, 6) is 0. The van der Waals surface area contributed by atoms with Crippen molar-refractivity contribution in [3.05, 3.63) is 60.7 Å². The first-order valence-corrected chi connectivity index (χ1v) is 15.7. The van der Waals surface area contributed by atoms with Gasteiger partial charge < -0.3 is 0 Å². The molecule has 0 fully saturated rings. The third kappa shape index (κ3) is 5.74. The maximum atomic E-state index is 2.33. The zero-order valence-corrected chi connectivity index (χ0v) is 21.4. The fourth-order valence-corrected chi connectivity index (χ4v) is 14.0. The Morgan fingerprint density at radius 2 is 1.04 bits per heavy atom. The SMILES string of the molecule is CCCC[Se]c1c(-c2ccccc2)[se]c(-c2ccccc2)c1[Se]CCCC. The minimum absolute atomic E-state index is 0.440. The van der Waals surface area contributed by atoms with E-state index in [2.05, 4.69) is 74.5 Å². The summed E-state index contributed by atoms with van der Waals surface area (Å²) in [5.41, 5.74) is 2.95. The molecule has 0 nitrogen and oxygen atoms in total. The zero-order chi connectivity index (χ0) is 18.9. The Bertz CT molecular complexity index is 738. The van der Waals surface area contributed by atoms with Gasteiger partial charge in [0.25, 0.3) is 0 Å². The molecule has 27 heavy (non-hydrogen) atoms. The monoisotopic (exact) mass is 556 g/mol. The minimum atomic E-state index is 0.440. The van der Waals surface area contributed by atoms with E-state index in [0.29, 0.717) is 44.4 Å². The summed E-state index contributed by atoms with van der Waals surface area (Å²) in [4.78, 5) is 0. The molecule has 3 rings (SSSR count). The van der Waals surface area contributed by atoms with Crippen molar-refractivity contribution in [2.24, 2.45) is 0 Å². The first-order chi connectivity index (χ1) is 13.3. The predicted octanol–water partition coefficient (Wildman–Crippen LogP) is 5.17. The van der Waals surface area contributed by atoms with Gasteiger partial charge in [-0.15, -0.1) is 0 Å². The maximum absolute atomic E-state index is 2.33. The van der Waals surface area contributed by atoms with E-state index in [-0.39, 0.29) is 0 Å². The first kappa shape index (κ1) is 21.2. The average Bonchev–Trinajstić information content (AvgIpc) is 3.08. The van der Waals surface area contributed by atoms with Crippen molar-refractivity contribution in [3.8, 4) is 20.0 Å². The van der Waals surface area contributed by atoms with Crippen molar-refractivity contribution in [1.82, 2.24) is 0 Å². The number of rotatable bonds is 10. The topological polar surface area (TPSA) is 0 Å². The molecule has 1 heterocycles. The fraction of sp³-hybridized carbons (Fsp3) is 0.333. The van der Waals surface area contributed by atoms with Gasteiger partial charge in [-0.1, -0.05) is 0 Å². The second-order valence-corrected chi connectivity index (χ2v) is 13.3. The molecule has 142 valence electrons. The number of benzene rings is 2. The second-order valence-electron chi connectivity index (χ2n) is 6.55. The van der Waals surface area contributed by atoms with Crippen molar-refractivity contribution in [2.75, 3.05) is 0 Å². The third-order valence-electron chi connectivity index (χ3n) is 4.38. The quantitative estimate of drug-likeness (QED) is 0.240. The van der Waals surface area contributed by atoms with E-state index < -0.39 is 0 Å². The van der Waals surface area contributed by atoms with Crippen molar-refractivity contribution in [2.45, 2.75) is 50.2 Å². The van der Waals surface area contributed by atoms with Gasteiger partial charge in [0.2, 0.25) is 0 Å². The van der Waals surface area contributed by atoms with Gasteiger partial charge in [0.05, 0.1) is 0 Å². The number of unbranched alkanes of at least 4 members (excludes halogenated alkanes) is 2. The summed E-state index contributed by atoms with van der Waals surface area (Å²) in [6.45, 7) is 4.64. The van der Waals surface area contributed by atoms with Crippen molar-refractivity contribution < 1.29 is 0 Å². The molecule has 0 saturated carbocycles. The summed E-state index contributed by atoms with van der Waals surface area (Å²) in [7, 11) is 0. The molecule has 0 atom stereocenters. The van der Waals surface area contributed by atoms with Crippen LogP contribution >= 0.6 is 0 Å². The molecule has 0 bridgehead atoms. The Hall–Kier alpha value is -0.522. The van der Waals surface area contributed by atoms with Gasteiger partial charge in [0.15, 0.2) is 0 Å². The van der Waals surface area contributed by atoms with Gasteiger partial charge in [-0.2, -0.15) is 0 Å². The van der Waals surface area contributed by atoms with Gasteiger partial charge in [-0.3, -0.25) is 0 Å². The van der Waals surface area contributed by atoms with Crippen LogP contribution in [0.15, 0.2) is 60.7 Å². The van der Waals surface area contributed by atoms with E-state index in [4.69, 9.17) is 0 Å². The summed E-state index contributed by atoms with van der Waals surface area (Å²) >= 11 is 1.67. The fourth-order valence-electron chi connectivity index (χ4n) is 2.86. The Morgan fingerprint density at radius 3 is 1.41 bits per heavy atom. The molecule has 3 heteroatoms. The van der Waals surface area contributed by atoms with Crippen LogP contribution in [0, 0.1) is 0 Å². The van der Waals surface area contributed by atoms with Crippen LogP contribution in [0.1, 0.15) is 39.5 Å². The van der Waals surface area contributed by atoms with E-state index >= 15 is 0 Å². The van der Waals surface area contributed by atoms with E-state index in [1.165, 1.54) is 47.4 Å². The average molecular weight is 553 g/mol. The Balaban J connectivity index is 2.08. The Kier molecular flexibility index (Phi) is 9.01. The molecule has 3 aromatic rings. The number of hydrogen-bond acceptors (Lipinski definition) is 0. The van der Waals surface area contributed by atoms with Crippen LogP contribution in [0.5, 0.6) is 0 Å². The first-order valence-electron chi connectivity index (χ1n) is 9.88. The predicted molar refractivity (Wildman–Crippen MR) is 124 cm³/mol. The molecule has 0 saturated heterocycles. The van der Waals surface area contributed by atoms with E-state index in [1.807, 2.05) is 0 Å². The number of hydrogen-bond donors (Lipinski definition) is 0. The molecule has 0 radical (unpaired) electrons. The molecule has 2 aromatic carbocycles. The summed E-state index contributed by atoms with van der Waals surface area (Å²) < 4.78 is 6.92. The molecule has 0 spiro atoms. The van der Waals surface area contributed by atoms with E-state index in [0.717, 1.165) is 0 Å². The summed E-state index contributed by atoms with van der Waals surface area (Å²) in [6.07, 6.45) is 5.36. The van der Waals surface area contributed by atoms with Crippen LogP contribution < -0.4 is 8.92 Å². The van der Waals surface area contributed by atoms with Crippen LogP contribution in [-0.2, 0) is 0 Å². The second kappa shape index (κ2) is 11.5. The van der Waals surface area contributed by atoms with Gasteiger partial charge in [-0.05, 0) is 0 Å². The zero-order valence-electron chi connectivity index (χ0n) is 16.2. The van der Waals surface area contributed by atoms with Gasteiger partial charge >= 0.3 is 184 Å². The molecule has 1 aromatic heterocycles. The molecule has 0 aliphatic carbocycles. The molecule has 0 amide bonds. The molecular formula is C24H28Se3. The molecule has 0 aliphatic heterocycles. The molecule has 0 N–H and O–H groups in total. The summed E-state index contributed by atoms with van der Waals surface area (Å²) in [5, 5.41) is 2.78. The summed E-state index contributed by atoms with van der Waals surface area (Å²) in [6, 6.07) is 22.4. The van der Waals surface area contributed by atoms with E-state index in [9.17, 15) is 0 Å². The van der Waals surface area contributed by atoms with Gasteiger partial charge in [-0.25, -0.2) is 0 Å². The van der Waals surface area contributed by atoms with Crippen LogP contribution in [0.2, 0.25) is 10.6 Å². The van der Waals surface area contributed by atoms with Crippen molar-refractivity contribution in [3.63, 3.8) is 0 Å². The Labute approximate surface area is 183 Å². The van der Waals surface area contributed by atoms with Crippen LogP contribution in [-0.4, -0.2) is 44.4 Å². The van der Waals surface area contributed by atoms with Crippen molar-refractivity contribution >= 4 is 53.3 Å².